The van der Waals surface area contributed by atoms with Gasteiger partial charge in [0.15, 0.2) is 0 Å². The van der Waals surface area contributed by atoms with E-state index in [1.165, 1.54) is 30.4 Å². The molecule has 0 saturated carbocycles. The van der Waals surface area contributed by atoms with Crippen molar-refractivity contribution in [3.8, 4) is 0 Å². The molecule has 0 atom stereocenters. The number of hydrogen-bond acceptors (Lipinski definition) is 3. The third-order valence-electron chi connectivity index (χ3n) is 4.30. The molecule has 0 aromatic heterocycles. The fourth-order valence-corrected chi connectivity index (χ4v) is 3.23. The Balaban J connectivity index is 1.79. The minimum Gasteiger partial charge on any atom is -0.443 e. The van der Waals surface area contributed by atoms with E-state index in [1.54, 1.807) is 4.90 Å². The van der Waals surface area contributed by atoms with E-state index >= 15 is 0 Å². The molecule has 1 saturated heterocycles. The topological polar surface area (TPSA) is 41.9 Å². The largest absolute Gasteiger partial charge is 0.443 e. The molecule has 0 spiro atoms. The van der Waals surface area contributed by atoms with E-state index in [4.69, 9.17) is 9.73 Å². The zero-order valence-corrected chi connectivity index (χ0v) is 14.4. The molecule has 3 rings (SSSR count). The van der Waals surface area contributed by atoms with Gasteiger partial charge in [-0.1, -0.05) is 6.07 Å². The number of ether oxygens (including phenoxy) is 1. The minimum atomic E-state index is -0.476. The zero-order chi connectivity index (χ0) is 16.4. The summed E-state index contributed by atoms with van der Waals surface area (Å²) in [6.45, 7) is 6.36. The van der Waals surface area contributed by atoms with Gasteiger partial charge in [-0.2, -0.15) is 0 Å². The first-order chi connectivity index (χ1) is 10.9. The first-order valence-corrected chi connectivity index (χ1v) is 8.62. The molecular formula is C19H26N2O2. The number of hydrogen-bond donors (Lipinski definition) is 0. The Kier molecular flexibility index (Phi) is 4.42. The fraction of sp³-hybridized carbons (Fsp3) is 0.579. The van der Waals surface area contributed by atoms with Crippen LogP contribution < -0.4 is 0 Å². The summed E-state index contributed by atoms with van der Waals surface area (Å²) in [6.07, 6.45) is 6.36. The second-order valence-corrected chi connectivity index (χ2v) is 7.42. The maximum Gasteiger partial charge on any atom is 0.415 e. The molecule has 1 aromatic rings. The second kappa shape index (κ2) is 6.34. The van der Waals surface area contributed by atoms with E-state index < -0.39 is 5.60 Å². The SMILES string of the molecule is CC(C)(C)OC(=O)N1CCC/C1=N\c1ccc2c(c1)CCCC2. The van der Waals surface area contributed by atoms with E-state index in [2.05, 4.69) is 18.2 Å². The van der Waals surface area contributed by atoms with E-state index in [0.29, 0.717) is 6.54 Å². The molecule has 1 heterocycles. The number of fused-ring (bicyclic) bond motifs is 1. The summed E-state index contributed by atoms with van der Waals surface area (Å²) in [7, 11) is 0. The van der Waals surface area contributed by atoms with Gasteiger partial charge in [0.1, 0.15) is 11.4 Å². The number of amides is 1. The van der Waals surface area contributed by atoms with Crippen LogP contribution in [0.4, 0.5) is 10.5 Å². The van der Waals surface area contributed by atoms with E-state index in [-0.39, 0.29) is 6.09 Å². The molecule has 0 bridgehead atoms. The number of carbonyl (C=O) groups is 1. The molecule has 1 fully saturated rings. The van der Waals surface area contributed by atoms with Gasteiger partial charge in [-0.25, -0.2) is 9.79 Å². The van der Waals surface area contributed by atoms with Crippen LogP contribution in [0.5, 0.6) is 0 Å². The Labute approximate surface area is 138 Å². The van der Waals surface area contributed by atoms with Crippen molar-refractivity contribution < 1.29 is 9.53 Å². The van der Waals surface area contributed by atoms with Crippen molar-refractivity contribution >= 4 is 17.6 Å². The summed E-state index contributed by atoms with van der Waals surface area (Å²) in [5, 5.41) is 0. The predicted octanol–water partition coefficient (Wildman–Crippen LogP) is 4.63. The van der Waals surface area contributed by atoms with Gasteiger partial charge in [0.25, 0.3) is 0 Å². The highest BCUT2D eigenvalue weighted by atomic mass is 16.6. The van der Waals surface area contributed by atoms with Gasteiger partial charge in [0.2, 0.25) is 0 Å². The van der Waals surface area contributed by atoms with Crippen molar-refractivity contribution in [2.75, 3.05) is 6.54 Å². The van der Waals surface area contributed by atoms with Crippen LogP contribution in [-0.4, -0.2) is 29.0 Å². The quantitative estimate of drug-likeness (QED) is 0.758. The van der Waals surface area contributed by atoms with Gasteiger partial charge in [-0.3, -0.25) is 4.90 Å². The molecule has 124 valence electrons. The lowest BCUT2D eigenvalue weighted by molar-refractivity contribution is 0.0383. The van der Waals surface area contributed by atoms with Crippen molar-refractivity contribution in [3.63, 3.8) is 0 Å². The number of benzene rings is 1. The first-order valence-electron chi connectivity index (χ1n) is 8.62. The van der Waals surface area contributed by atoms with Crippen LogP contribution in [-0.2, 0) is 17.6 Å². The van der Waals surface area contributed by atoms with Crippen LogP contribution >= 0.6 is 0 Å². The van der Waals surface area contributed by atoms with Gasteiger partial charge >= 0.3 is 6.09 Å². The van der Waals surface area contributed by atoms with Crippen molar-refractivity contribution in [1.29, 1.82) is 0 Å². The standard InChI is InChI=1S/C19H26N2O2/c1-19(2,3)23-18(22)21-12-6-9-17(21)20-16-11-10-14-7-4-5-8-15(14)13-16/h10-11,13H,4-9,12H2,1-3H3/b20-17+. The maximum atomic E-state index is 12.3. The van der Waals surface area contributed by atoms with Crippen LogP contribution in [0.1, 0.15) is 57.6 Å². The Morgan fingerprint density at radius 1 is 1.09 bits per heavy atom. The average Bonchev–Trinajstić information content (AvgIpc) is 2.93. The smallest absolute Gasteiger partial charge is 0.415 e. The first kappa shape index (κ1) is 16.0. The second-order valence-electron chi connectivity index (χ2n) is 7.42. The summed E-state index contributed by atoms with van der Waals surface area (Å²) in [4.78, 5) is 18.7. The summed E-state index contributed by atoms with van der Waals surface area (Å²) >= 11 is 0. The lowest BCUT2D eigenvalue weighted by atomic mass is 9.91. The van der Waals surface area contributed by atoms with Crippen molar-refractivity contribution in [3.05, 3.63) is 29.3 Å². The lowest BCUT2D eigenvalue weighted by Gasteiger charge is -2.24. The third kappa shape index (κ3) is 3.92. The van der Waals surface area contributed by atoms with Crippen LogP contribution in [0, 0.1) is 0 Å². The number of carbonyl (C=O) groups excluding carboxylic acids is 1. The molecule has 1 aliphatic carbocycles. The number of aryl methyl sites for hydroxylation is 2. The highest BCUT2D eigenvalue weighted by molar-refractivity contribution is 5.98. The number of amidine groups is 1. The molecular weight excluding hydrogens is 288 g/mol. The Morgan fingerprint density at radius 2 is 1.83 bits per heavy atom. The molecule has 23 heavy (non-hydrogen) atoms. The fourth-order valence-electron chi connectivity index (χ4n) is 3.23. The van der Waals surface area contributed by atoms with E-state index in [9.17, 15) is 4.79 Å². The summed E-state index contributed by atoms with van der Waals surface area (Å²) < 4.78 is 5.49. The van der Waals surface area contributed by atoms with Gasteiger partial charge in [0, 0.05) is 13.0 Å². The number of aliphatic imine (C=N–C) groups is 1. The molecule has 4 nitrogen and oxygen atoms in total. The Hall–Kier alpha value is -1.84. The molecule has 0 N–H and O–H groups in total. The molecule has 1 aromatic carbocycles. The average molecular weight is 314 g/mol. The maximum absolute atomic E-state index is 12.3. The minimum absolute atomic E-state index is 0.285. The number of rotatable bonds is 1. The van der Waals surface area contributed by atoms with Crippen molar-refractivity contribution in [2.45, 2.75) is 64.9 Å². The Morgan fingerprint density at radius 3 is 2.57 bits per heavy atom. The highest BCUT2D eigenvalue weighted by Crippen LogP contribution is 2.27. The van der Waals surface area contributed by atoms with Crippen LogP contribution in [0.2, 0.25) is 0 Å². The third-order valence-corrected chi connectivity index (χ3v) is 4.30. The highest BCUT2D eigenvalue weighted by Gasteiger charge is 2.29. The molecule has 1 amide bonds. The van der Waals surface area contributed by atoms with Gasteiger partial charge < -0.3 is 4.74 Å². The molecule has 2 aliphatic rings. The van der Waals surface area contributed by atoms with Crippen molar-refractivity contribution in [2.24, 2.45) is 4.99 Å². The van der Waals surface area contributed by atoms with Gasteiger partial charge in [-0.05, 0) is 76.1 Å². The number of likely N-dealkylation sites (tertiary alicyclic amines) is 1. The van der Waals surface area contributed by atoms with Gasteiger partial charge in [0.05, 0.1) is 5.69 Å². The van der Waals surface area contributed by atoms with E-state index in [1.807, 2.05) is 20.8 Å². The van der Waals surface area contributed by atoms with Crippen LogP contribution in [0.3, 0.4) is 0 Å². The summed E-state index contributed by atoms with van der Waals surface area (Å²) in [5.74, 6) is 0.829. The molecule has 4 heteroatoms. The normalized spacial score (nSPS) is 19.8. The number of nitrogens with zero attached hydrogens (tertiary/aromatic N) is 2. The molecule has 1 aliphatic heterocycles. The Bertz CT molecular complexity index is 629. The van der Waals surface area contributed by atoms with Gasteiger partial charge in [-0.15, -0.1) is 0 Å². The predicted molar refractivity (Wildman–Crippen MR) is 92.4 cm³/mol. The summed E-state index contributed by atoms with van der Waals surface area (Å²) in [6, 6.07) is 6.45. The van der Waals surface area contributed by atoms with Crippen molar-refractivity contribution in [1.82, 2.24) is 4.90 Å². The van der Waals surface area contributed by atoms with Crippen LogP contribution in [0.25, 0.3) is 0 Å². The van der Waals surface area contributed by atoms with Crippen LogP contribution in [0.15, 0.2) is 23.2 Å². The molecule has 0 radical (unpaired) electrons. The lowest BCUT2D eigenvalue weighted by Crippen LogP contribution is -2.37. The summed E-state index contributed by atoms with van der Waals surface area (Å²) in [5.41, 5.74) is 3.35. The van der Waals surface area contributed by atoms with E-state index in [0.717, 1.165) is 30.8 Å². The zero-order valence-electron chi connectivity index (χ0n) is 14.4. The monoisotopic (exact) mass is 314 g/mol. The molecule has 0 unspecified atom stereocenters.